The van der Waals surface area contributed by atoms with E-state index in [4.69, 9.17) is 0 Å². The molecular weight excluding hydrogens is 282 g/mol. The van der Waals surface area contributed by atoms with Gasteiger partial charge in [0.25, 0.3) is 0 Å². The Kier molecular flexibility index (Phi) is 4.75. The fourth-order valence-electron chi connectivity index (χ4n) is 3.22. The van der Waals surface area contributed by atoms with Gasteiger partial charge in [0.1, 0.15) is 0 Å². The zero-order valence-electron chi connectivity index (χ0n) is 13.7. The Balaban J connectivity index is 2.08. The monoisotopic (exact) mass is 305 g/mol. The molecular formula is C21H23NO. The van der Waals surface area contributed by atoms with Crippen LogP contribution in [0.4, 0.5) is 0 Å². The quantitative estimate of drug-likeness (QED) is 0.763. The maximum atomic E-state index is 11.0. The van der Waals surface area contributed by atoms with Crippen molar-refractivity contribution in [3.05, 3.63) is 83.9 Å². The molecule has 2 heteroatoms. The maximum Gasteiger partial charge on any atom is 0.0871 e. The number of aliphatic hydroxyl groups is 1. The Labute approximate surface area is 138 Å². The van der Waals surface area contributed by atoms with Gasteiger partial charge in [0, 0.05) is 12.5 Å². The molecule has 3 aromatic rings. The number of hydrogen-bond acceptors (Lipinski definition) is 2. The number of rotatable bonds is 5. The van der Waals surface area contributed by atoms with Gasteiger partial charge in [0.15, 0.2) is 0 Å². The van der Waals surface area contributed by atoms with Gasteiger partial charge in [-0.15, -0.1) is 0 Å². The van der Waals surface area contributed by atoms with Gasteiger partial charge >= 0.3 is 0 Å². The van der Waals surface area contributed by atoms with Crippen LogP contribution in [0, 0.1) is 0 Å². The Bertz CT molecular complexity index is 762. The van der Waals surface area contributed by atoms with Crippen LogP contribution in [0.15, 0.2) is 72.8 Å². The van der Waals surface area contributed by atoms with Crippen molar-refractivity contribution in [2.75, 3.05) is 20.6 Å². The van der Waals surface area contributed by atoms with E-state index in [1.165, 1.54) is 16.3 Å². The van der Waals surface area contributed by atoms with Crippen molar-refractivity contribution in [2.24, 2.45) is 0 Å². The first-order valence-corrected chi connectivity index (χ1v) is 8.02. The molecule has 2 nitrogen and oxygen atoms in total. The van der Waals surface area contributed by atoms with Gasteiger partial charge in [-0.1, -0.05) is 72.8 Å². The summed E-state index contributed by atoms with van der Waals surface area (Å²) >= 11 is 0. The van der Waals surface area contributed by atoms with Crippen LogP contribution < -0.4 is 0 Å². The van der Waals surface area contributed by atoms with Crippen molar-refractivity contribution >= 4 is 10.8 Å². The maximum absolute atomic E-state index is 11.0. The summed E-state index contributed by atoms with van der Waals surface area (Å²) in [5.74, 6) is 0.0264. The molecule has 0 saturated heterocycles. The fourth-order valence-corrected chi connectivity index (χ4v) is 3.22. The zero-order valence-corrected chi connectivity index (χ0v) is 13.7. The predicted molar refractivity (Wildman–Crippen MR) is 96.6 cm³/mol. The van der Waals surface area contributed by atoms with Crippen LogP contribution in [-0.2, 0) is 0 Å². The molecule has 0 spiro atoms. The molecule has 23 heavy (non-hydrogen) atoms. The number of hydrogen-bond donors (Lipinski definition) is 1. The van der Waals surface area contributed by atoms with Gasteiger partial charge in [0.2, 0.25) is 0 Å². The molecule has 0 aliphatic rings. The molecule has 118 valence electrons. The Morgan fingerprint density at radius 3 is 2.22 bits per heavy atom. The van der Waals surface area contributed by atoms with Crippen LogP contribution in [0.3, 0.4) is 0 Å². The second-order valence-corrected chi connectivity index (χ2v) is 6.29. The topological polar surface area (TPSA) is 23.5 Å². The van der Waals surface area contributed by atoms with Crippen LogP contribution in [0.2, 0.25) is 0 Å². The number of benzene rings is 3. The first-order valence-electron chi connectivity index (χ1n) is 8.02. The highest BCUT2D eigenvalue weighted by Gasteiger charge is 2.24. The van der Waals surface area contributed by atoms with Crippen LogP contribution in [-0.4, -0.2) is 30.6 Å². The van der Waals surface area contributed by atoms with Gasteiger partial charge in [-0.2, -0.15) is 0 Å². The normalized spacial score (nSPS) is 14.1. The van der Waals surface area contributed by atoms with E-state index in [1.807, 2.05) is 30.3 Å². The lowest BCUT2D eigenvalue weighted by atomic mass is 9.86. The second kappa shape index (κ2) is 6.95. The fraction of sp³-hybridized carbons (Fsp3) is 0.238. The standard InChI is InChI=1S/C21H23NO/c1-22(2)15-20(21(23)17-10-4-3-5-11-17)19-14-8-12-16-9-6-7-13-18(16)19/h3-14,20-21,23H,15H2,1-2H3/t20-,21+/m0/s1. The van der Waals surface area contributed by atoms with Crippen LogP contribution >= 0.6 is 0 Å². The van der Waals surface area contributed by atoms with Gasteiger partial charge in [-0.05, 0) is 36.0 Å². The molecule has 1 N–H and O–H groups in total. The van der Waals surface area contributed by atoms with E-state index in [0.717, 1.165) is 12.1 Å². The summed E-state index contributed by atoms with van der Waals surface area (Å²) in [6, 6.07) is 24.7. The summed E-state index contributed by atoms with van der Waals surface area (Å²) < 4.78 is 0. The lowest BCUT2D eigenvalue weighted by molar-refractivity contribution is 0.129. The van der Waals surface area contributed by atoms with E-state index < -0.39 is 6.10 Å². The highest BCUT2D eigenvalue weighted by atomic mass is 16.3. The molecule has 0 heterocycles. The summed E-state index contributed by atoms with van der Waals surface area (Å²) in [4.78, 5) is 2.14. The van der Waals surface area contributed by atoms with E-state index in [1.54, 1.807) is 0 Å². The molecule has 0 bridgehead atoms. The van der Waals surface area contributed by atoms with Crippen LogP contribution in [0.25, 0.3) is 10.8 Å². The minimum atomic E-state index is -0.524. The van der Waals surface area contributed by atoms with Crippen molar-refractivity contribution in [3.8, 4) is 0 Å². The second-order valence-electron chi connectivity index (χ2n) is 6.29. The molecule has 3 rings (SSSR count). The first-order chi connectivity index (χ1) is 11.2. The summed E-state index contributed by atoms with van der Waals surface area (Å²) in [5, 5.41) is 13.5. The molecule has 0 radical (unpaired) electrons. The smallest absolute Gasteiger partial charge is 0.0871 e. The average molecular weight is 305 g/mol. The van der Waals surface area contributed by atoms with Crippen molar-refractivity contribution in [3.63, 3.8) is 0 Å². The summed E-state index contributed by atoms with van der Waals surface area (Å²) in [5.41, 5.74) is 2.17. The van der Waals surface area contributed by atoms with Crippen molar-refractivity contribution in [1.82, 2.24) is 4.90 Å². The Morgan fingerprint density at radius 2 is 1.48 bits per heavy atom. The van der Waals surface area contributed by atoms with Gasteiger partial charge < -0.3 is 10.0 Å². The highest BCUT2D eigenvalue weighted by Crippen LogP contribution is 2.35. The van der Waals surface area contributed by atoms with Crippen molar-refractivity contribution < 1.29 is 5.11 Å². The number of fused-ring (bicyclic) bond motifs is 1. The van der Waals surface area contributed by atoms with Gasteiger partial charge in [0.05, 0.1) is 6.10 Å². The molecule has 3 aromatic carbocycles. The predicted octanol–water partition coefficient (Wildman–Crippen LogP) is 4.22. The van der Waals surface area contributed by atoms with Crippen LogP contribution in [0.1, 0.15) is 23.1 Å². The van der Waals surface area contributed by atoms with Crippen molar-refractivity contribution in [1.29, 1.82) is 0 Å². The summed E-state index contributed by atoms with van der Waals surface area (Å²) in [6.07, 6.45) is -0.524. The molecule has 2 atom stereocenters. The van der Waals surface area contributed by atoms with Crippen molar-refractivity contribution in [2.45, 2.75) is 12.0 Å². The summed E-state index contributed by atoms with van der Waals surface area (Å²) in [6.45, 7) is 0.796. The minimum absolute atomic E-state index is 0.0264. The van der Waals surface area contributed by atoms with E-state index in [0.29, 0.717) is 0 Å². The highest BCUT2D eigenvalue weighted by molar-refractivity contribution is 5.86. The largest absolute Gasteiger partial charge is 0.388 e. The van der Waals surface area contributed by atoms with E-state index in [9.17, 15) is 5.11 Å². The SMILES string of the molecule is CN(C)C[C@@H](c1cccc2ccccc12)[C@H](O)c1ccccc1. The molecule has 0 aromatic heterocycles. The molecule has 0 aliphatic carbocycles. The van der Waals surface area contributed by atoms with Crippen LogP contribution in [0.5, 0.6) is 0 Å². The third-order valence-electron chi connectivity index (χ3n) is 4.31. The minimum Gasteiger partial charge on any atom is -0.388 e. The zero-order chi connectivity index (χ0) is 16.2. The molecule has 0 saturated carbocycles. The first kappa shape index (κ1) is 15.7. The Hall–Kier alpha value is -2.16. The third-order valence-corrected chi connectivity index (χ3v) is 4.31. The molecule has 0 fully saturated rings. The van der Waals surface area contributed by atoms with Gasteiger partial charge in [-0.3, -0.25) is 0 Å². The molecule has 0 amide bonds. The lowest BCUT2D eigenvalue weighted by Crippen LogP contribution is -2.25. The number of aliphatic hydroxyl groups excluding tert-OH is 1. The average Bonchev–Trinajstić information content (AvgIpc) is 2.59. The van der Waals surface area contributed by atoms with E-state index >= 15 is 0 Å². The van der Waals surface area contributed by atoms with Gasteiger partial charge in [-0.25, -0.2) is 0 Å². The number of nitrogens with zero attached hydrogens (tertiary/aromatic N) is 1. The number of likely N-dealkylation sites (N-methyl/N-ethyl adjacent to an activating group) is 1. The molecule has 0 aliphatic heterocycles. The summed E-state index contributed by atoms with van der Waals surface area (Å²) in [7, 11) is 4.10. The van der Waals surface area contributed by atoms with E-state index in [-0.39, 0.29) is 5.92 Å². The molecule has 0 unspecified atom stereocenters. The Morgan fingerprint density at radius 1 is 0.826 bits per heavy atom. The third kappa shape index (κ3) is 3.44. The lowest BCUT2D eigenvalue weighted by Gasteiger charge is -2.28. The van der Waals surface area contributed by atoms with E-state index in [2.05, 4.69) is 61.5 Å².